The molecule has 6 heteroatoms. The second-order valence-corrected chi connectivity index (χ2v) is 9.70. The van der Waals surface area contributed by atoms with Crippen molar-refractivity contribution in [2.45, 2.75) is 51.5 Å². The van der Waals surface area contributed by atoms with E-state index in [0.29, 0.717) is 23.8 Å². The molecule has 1 aromatic carbocycles. The number of benzene rings is 1. The summed E-state index contributed by atoms with van der Waals surface area (Å²) in [6.07, 6.45) is 9.97. The first-order valence-electron chi connectivity index (χ1n) is 10.2. The highest BCUT2D eigenvalue weighted by atomic mass is 35.5. The topological polar surface area (TPSA) is 46.9 Å². The van der Waals surface area contributed by atoms with Gasteiger partial charge in [0.25, 0.3) is 0 Å². The molecule has 4 saturated carbocycles. The molecular weight excluding hydrogens is 377 g/mol. The smallest absolute Gasteiger partial charge is 0.226 e. The van der Waals surface area contributed by atoms with E-state index in [1.807, 2.05) is 6.07 Å². The summed E-state index contributed by atoms with van der Waals surface area (Å²) in [6, 6.07) is 6.39. The molecule has 4 fully saturated rings. The van der Waals surface area contributed by atoms with Crippen molar-refractivity contribution in [3.8, 4) is 0 Å². The minimum absolute atomic E-state index is 0.0138. The Hall–Kier alpha value is -1.88. The number of hydrogen-bond donors (Lipinski definition) is 1. The third kappa shape index (κ3) is 3.57. The van der Waals surface area contributed by atoms with Gasteiger partial charge in [-0.3, -0.25) is 9.48 Å². The Balaban J connectivity index is 1.25. The van der Waals surface area contributed by atoms with Crippen LogP contribution in [0.2, 0.25) is 5.02 Å². The molecule has 4 aliphatic carbocycles. The predicted octanol–water partition coefficient (Wildman–Crippen LogP) is 5.27. The molecule has 2 aromatic rings. The Morgan fingerprint density at radius 2 is 1.89 bits per heavy atom. The minimum atomic E-state index is -0.278. The second kappa shape index (κ2) is 6.87. The van der Waals surface area contributed by atoms with Gasteiger partial charge in [-0.25, -0.2) is 4.39 Å². The predicted molar refractivity (Wildman–Crippen MR) is 107 cm³/mol. The Bertz CT molecular complexity index is 874. The van der Waals surface area contributed by atoms with Crippen LogP contribution in [0, 0.1) is 29.0 Å². The quantitative estimate of drug-likeness (QED) is 0.741. The molecule has 28 heavy (non-hydrogen) atoms. The van der Waals surface area contributed by atoms with E-state index >= 15 is 0 Å². The number of nitrogens with zero attached hydrogens (tertiary/aromatic N) is 2. The average molecular weight is 402 g/mol. The van der Waals surface area contributed by atoms with Crippen LogP contribution in [-0.2, 0) is 11.3 Å². The molecule has 1 amide bonds. The first-order valence-corrected chi connectivity index (χ1v) is 10.6. The number of anilines is 1. The number of halogens is 2. The summed E-state index contributed by atoms with van der Waals surface area (Å²) in [5, 5.41) is 7.74. The van der Waals surface area contributed by atoms with E-state index in [1.165, 1.54) is 50.7 Å². The SMILES string of the molecule is O=C(CC12CC3CC(CC(C3)C1)C2)Nc1nn(Cc2cccc(F)c2)cc1Cl. The summed E-state index contributed by atoms with van der Waals surface area (Å²) in [5.74, 6) is 2.61. The molecule has 148 valence electrons. The molecule has 1 aromatic heterocycles. The molecule has 0 radical (unpaired) electrons. The summed E-state index contributed by atoms with van der Waals surface area (Å²) < 4.78 is 15.0. The first-order chi connectivity index (χ1) is 13.5. The maximum atomic E-state index is 13.4. The number of amides is 1. The van der Waals surface area contributed by atoms with Gasteiger partial charge in [-0.2, -0.15) is 5.10 Å². The molecular formula is C22H25ClFN3O. The number of rotatable bonds is 5. The molecule has 4 bridgehead atoms. The van der Waals surface area contributed by atoms with Gasteiger partial charge in [-0.15, -0.1) is 0 Å². The van der Waals surface area contributed by atoms with Gasteiger partial charge in [0.15, 0.2) is 5.82 Å². The minimum Gasteiger partial charge on any atom is -0.308 e. The van der Waals surface area contributed by atoms with Crippen molar-refractivity contribution in [1.82, 2.24) is 9.78 Å². The van der Waals surface area contributed by atoms with Crippen LogP contribution in [0.1, 0.15) is 50.5 Å². The standard InChI is InChI=1S/C22H25ClFN3O/c23-19-13-27(12-14-2-1-3-18(24)7-14)26-21(19)25-20(28)11-22-8-15-4-16(9-22)6-17(5-15)10-22/h1-3,7,13,15-17H,4-6,8-12H2,(H,25,26,28). The van der Waals surface area contributed by atoms with Gasteiger partial charge in [-0.1, -0.05) is 23.7 Å². The lowest BCUT2D eigenvalue weighted by Gasteiger charge is -2.56. The largest absolute Gasteiger partial charge is 0.308 e. The van der Waals surface area contributed by atoms with Gasteiger partial charge < -0.3 is 5.32 Å². The molecule has 1 N–H and O–H groups in total. The molecule has 6 rings (SSSR count). The number of carbonyl (C=O) groups excluding carboxylic acids is 1. The van der Waals surface area contributed by atoms with Gasteiger partial charge in [0.2, 0.25) is 5.91 Å². The van der Waals surface area contributed by atoms with Crippen molar-refractivity contribution >= 4 is 23.3 Å². The van der Waals surface area contributed by atoms with Gasteiger partial charge >= 0.3 is 0 Å². The van der Waals surface area contributed by atoms with Gasteiger partial charge in [0, 0.05) is 12.6 Å². The van der Waals surface area contributed by atoms with Crippen LogP contribution in [0.3, 0.4) is 0 Å². The Morgan fingerprint density at radius 1 is 1.21 bits per heavy atom. The lowest BCUT2D eigenvalue weighted by atomic mass is 9.49. The lowest BCUT2D eigenvalue weighted by Crippen LogP contribution is -2.47. The molecule has 0 unspecified atom stereocenters. The summed E-state index contributed by atoms with van der Waals surface area (Å²) in [7, 11) is 0. The van der Waals surface area contributed by atoms with E-state index in [1.54, 1.807) is 16.9 Å². The van der Waals surface area contributed by atoms with Gasteiger partial charge in [-0.05, 0) is 79.4 Å². The normalized spacial score (nSPS) is 30.6. The second-order valence-electron chi connectivity index (χ2n) is 9.30. The van der Waals surface area contributed by atoms with Crippen molar-refractivity contribution in [3.05, 3.63) is 46.9 Å². The van der Waals surface area contributed by atoms with Crippen LogP contribution >= 0.6 is 11.6 Å². The summed E-state index contributed by atoms with van der Waals surface area (Å²) in [5.41, 5.74) is 0.987. The van der Waals surface area contributed by atoms with Crippen LogP contribution in [0.25, 0.3) is 0 Å². The highest BCUT2D eigenvalue weighted by Crippen LogP contribution is 2.61. The van der Waals surface area contributed by atoms with E-state index in [2.05, 4.69) is 10.4 Å². The van der Waals surface area contributed by atoms with E-state index < -0.39 is 0 Å². The molecule has 0 spiro atoms. The van der Waals surface area contributed by atoms with Crippen molar-refractivity contribution in [1.29, 1.82) is 0 Å². The Morgan fingerprint density at radius 3 is 2.54 bits per heavy atom. The zero-order chi connectivity index (χ0) is 19.3. The zero-order valence-corrected chi connectivity index (χ0v) is 16.6. The van der Waals surface area contributed by atoms with E-state index in [9.17, 15) is 9.18 Å². The summed E-state index contributed by atoms with van der Waals surface area (Å²) >= 11 is 6.29. The Labute approximate surface area is 169 Å². The van der Waals surface area contributed by atoms with E-state index in [-0.39, 0.29) is 17.1 Å². The van der Waals surface area contributed by atoms with Crippen LogP contribution in [0.5, 0.6) is 0 Å². The zero-order valence-electron chi connectivity index (χ0n) is 15.8. The molecule has 0 atom stereocenters. The van der Waals surface area contributed by atoms with Gasteiger partial charge in [0.05, 0.1) is 6.54 Å². The third-order valence-corrected chi connectivity index (χ3v) is 7.19. The monoisotopic (exact) mass is 401 g/mol. The van der Waals surface area contributed by atoms with Crippen LogP contribution in [0.4, 0.5) is 10.2 Å². The molecule has 0 aliphatic heterocycles. The maximum absolute atomic E-state index is 13.4. The van der Waals surface area contributed by atoms with Gasteiger partial charge in [0.1, 0.15) is 10.8 Å². The van der Waals surface area contributed by atoms with Crippen LogP contribution in [0.15, 0.2) is 30.5 Å². The molecule has 1 heterocycles. The number of aromatic nitrogens is 2. The highest BCUT2D eigenvalue weighted by molar-refractivity contribution is 6.33. The van der Waals surface area contributed by atoms with Crippen molar-refractivity contribution in [2.24, 2.45) is 23.2 Å². The lowest BCUT2D eigenvalue weighted by molar-refractivity contribution is -0.124. The molecule has 4 aliphatic rings. The number of nitrogens with one attached hydrogen (secondary N) is 1. The van der Waals surface area contributed by atoms with Crippen LogP contribution in [-0.4, -0.2) is 15.7 Å². The highest BCUT2D eigenvalue weighted by Gasteiger charge is 2.51. The third-order valence-electron chi connectivity index (χ3n) is 6.91. The summed E-state index contributed by atoms with van der Waals surface area (Å²) in [6.45, 7) is 0.405. The molecule has 0 saturated heterocycles. The number of carbonyl (C=O) groups is 1. The fraction of sp³-hybridized carbons (Fsp3) is 0.545. The van der Waals surface area contributed by atoms with Crippen molar-refractivity contribution in [3.63, 3.8) is 0 Å². The number of hydrogen-bond acceptors (Lipinski definition) is 2. The molecule has 4 nitrogen and oxygen atoms in total. The average Bonchev–Trinajstić information content (AvgIpc) is 2.92. The fourth-order valence-corrected chi connectivity index (χ4v) is 6.61. The fourth-order valence-electron chi connectivity index (χ4n) is 6.41. The maximum Gasteiger partial charge on any atom is 0.226 e. The van der Waals surface area contributed by atoms with Crippen molar-refractivity contribution < 1.29 is 9.18 Å². The van der Waals surface area contributed by atoms with Crippen molar-refractivity contribution in [2.75, 3.05) is 5.32 Å². The van der Waals surface area contributed by atoms with E-state index in [0.717, 1.165) is 23.3 Å². The summed E-state index contributed by atoms with van der Waals surface area (Å²) in [4.78, 5) is 12.8. The van der Waals surface area contributed by atoms with E-state index in [4.69, 9.17) is 11.6 Å². The first kappa shape index (κ1) is 18.2. The van der Waals surface area contributed by atoms with Crippen LogP contribution < -0.4 is 5.32 Å². The Kier molecular flexibility index (Phi) is 4.46.